The minimum absolute atomic E-state index is 0.0401. The maximum absolute atomic E-state index is 12.0. The monoisotopic (exact) mass is 370 g/mol. The van der Waals surface area contributed by atoms with Crippen LogP contribution in [-0.2, 0) is 9.53 Å². The number of carbonyl (C=O) groups is 1. The van der Waals surface area contributed by atoms with Crippen molar-refractivity contribution >= 4 is 28.8 Å². The van der Waals surface area contributed by atoms with Gasteiger partial charge in [0.05, 0.1) is 13.2 Å². The van der Waals surface area contributed by atoms with E-state index in [0.717, 1.165) is 34.9 Å². The van der Waals surface area contributed by atoms with E-state index < -0.39 is 0 Å². The number of nitrogens with one attached hydrogen (secondary N) is 1. The van der Waals surface area contributed by atoms with Crippen molar-refractivity contribution in [3.05, 3.63) is 59.7 Å². The number of thiocarbonyl (C=S) groups is 1. The van der Waals surface area contributed by atoms with E-state index in [-0.39, 0.29) is 12.5 Å². The lowest BCUT2D eigenvalue weighted by Gasteiger charge is -2.29. The first-order valence-corrected chi connectivity index (χ1v) is 8.99. The number of hydrogen-bond acceptors (Lipinski definition) is 4. The summed E-state index contributed by atoms with van der Waals surface area (Å²) >= 11 is 5.54. The van der Waals surface area contributed by atoms with E-state index in [2.05, 4.69) is 10.2 Å². The van der Waals surface area contributed by atoms with Gasteiger partial charge in [-0.15, -0.1) is 0 Å². The molecule has 2 aromatic rings. The van der Waals surface area contributed by atoms with E-state index >= 15 is 0 Å². The van der Waals surface area contributed by atoms with E-state index in [1.807, 2.05) is 55.5 Å². The van der Waals surface area contributed by atoms with Gasteiger partial charge in [0.1, 0.15) is 10.7 Å². The second kappa shape index (κ2) is 8.78. The highest BCUT2D eigenvalue weighted by molar-refractivity contribution is 7.80. The number of hydrogen-bond donors (Lipinski definition) is 1. The summed E-state index contributed by atoms with van der Waals surface area (Å²) in [5, 5.41) is 2.85. The molecule has 0 radical (unpaired) electrons. The van der Waals surface area contributed by atoms with Crippen LogP contribution < -0.4 is 10.1 Å². The number of para-hydroxylation sites is 1. The molecular weight excluding hydrogens is 348 g/mol. The minimum atomic E-state index is -0.188. The van der Waals surface area contributed by atoms with Crippen LogP contribution in [0.3, 0.4) is 0 Å². The van der Waals surface area contributed by atoms with Crippen molar-refractivity contribution in [2.24, 2.45) is 0 Å². The van der Waals surface area contributed by atoms with Crippen LogP contribution in [0.2, 0.25) is 0 Å². The van der Waals surface area contributed by atoms with Gasteiger partial charge in [0, 0.05) is 24.3 Å². The topological polar surface area (TPSA) is 50.8 Å². The highest BCUT2D eigenvalue weighted by atomic mass is 32.1. The highest BCUT2D eigenvalue weighted by Crippen LogP contribution is 2.16. The Balaban J connectivity index is 1.52. The zero-order valence-electron chi connectivity index (χ0n) is 14.7. The summed E-state index contributed by atoms with van der Waals surface area (Å²) in [4.78, 5) is 15.0. The summed E-state index contributed by atoms with van der Waals surface area (Å²) in [6.45, 7) is 4.95. The lowest BCUT2D eigenvalue weighted by Crippen LogP contribution is -2.40. The van der Waals surface area contributed by atoms with E-state index in [1.54, 1.807) is 0 Å². The van der Waals surface area contributed by atoms with Gasteiger partial charge < -0.3 is 19.7 Å². The third-order valence-electron chi connectivity index (χ3n) is 4.19. The molecule has 136 valence electrons. The molecule has 1 aliphatic heterocycles. The van der Waals surface area contributed by atoms with E-state index in [0.29, 0.717) is 19.0 Å². The van der Waals surface area contributed by atoms with Gasteiger partial charge in [0.15, 0.2) is 6.61 Å². The predicted molar refractivity (Wildman–Crippen MR) is 106 cm³/mol. The second-order valence-corrected chi connectivity index (χ2v) is 6.47. The van der Waals surface area contributed by atoms with Gasteiger partial charge in [0.25, 0.3) is 5.91 Å². The molecule has 1 saturated heterocycles. The Kier molecular flexibility index (Phi) is 6.20. The molecule has 2 aromatic carbocycles. The first kappa shape index (κ1) is 18.4. The van der Waals surface area contributed by atoms with Crippen molar-refractivity contribution < 1.29 is 14.3 Å². The summed E-state index contributed by atoms with van der Waals surface area (Å²) in [7, 11) is 0. The molecule has 5 nitrogen and oxygen atoms in total. The number of ether oxygens (including phenoxy) is 2. The molecule has 0 saturated carbocycles. The molecule has 0 unspecified atom stereocenters. The average molecular weight is 370 g/mol. The van der Waals surface area contributed by atoms with Crippen LogP contribution in [0, 0.1) is 6.92 Å². The molecule has 0 aliphatic carbocycles. The Morgan fingerprint density at radius 2 is 1.85 bits per heavy atom. The molecule has 0 atom stereocenters. The van der Waals surface area contributed by atoms with Crippen molar-refractivity contribution in [3.63, 3.8) is 0 Å². The van der Waals surface area contributed by atoms with Crippen LogP contribution in [0.4, 0.5) is 5.69 Å². The van der Waals surface area contributed by atoms with Gasteiger partial charge >= 0.3 is 0 Å². The molecule has 0 spiro atoms. The minimum Gasteiger partial charge on any atom is -0.484 e. The SMILES string of the molecule is Cc1ccccc1NC(=O)COc1ccc(C(=S)N2CCOCC2)cc1. The Hall–Kier alpha value is -2.44. The van der Waals surface area contributed by atoms with Crippen LogP contribution in [0.5, 0.6) is 5.75 Å². The van der Waals surface area contributed by atoms with Crippen molar-refractivity contribution in [2.75, 3.05) is 38.2 Å². The summed E-state index contributed by atoms with van der Waals surface area (Å²) in [5.74, 6) is 0.450. The van der Waals surface area contributed by atoms with Crippen molar-refractivity contribution in [3.8, 4) is 5.75 Å². The van der Waals surface area contributed by atoms with Crippen LogP contribution in [0.1, 0.15) is 11.1 Å². The molecule has 1 N–H and O–H groups in total. The number of rotatable bonds is 5. The highest BCUT2D eigenvalue weighted by Gasteiger charge is 2.15. The molecule has 1 aliphatic rings. The Morgan fingerprint density at radius 3 is 2.54 bits per heavy atom. The lowest BCUT2D eigenvalue weighted by atomic mass is 10.2. The number of carbonyl (C=O) groups excluding carboxylic acids is 1. The van der Waals surface area contributed by atoms with Gasteiger partial charge in [0.2, 0.25) is 0 Å². The smallest absolute Gasteiger partial charge is 0.262 e. The molecular formula is C20H22N2O3S. The fourth-order valence-corrected chi connectivity index (χ4v) is 3.01. The van der Waals surface area contributed by atoms with Gasteiger partial charge in [-0.3, -0.25) is 4.79 Å². The molecule has 1 fully saturated rings. The summed E-state index contributed by atoms with van der Waals surface area (Å²) in [5.41, 5.74) is 2.78. The summed E-state index contributed by atoms with van der Waals surface area (Å²) in [6, 6.07) is 15.2. The van der Waals surface area contributed by atoms with Crippen LogP contribution >= 0.6 is 12.2 Å². The van der Waals surface area contributed by atoms with E-state index in [9.17, 15) is 4.79 Å². The first-order chi connectivity index (χ1) is 12.6. The fourth-order valence-electron chi connectivity index (χ4n) is 2.69. The third kappa shape index (κ3) is 4.80. The standard InChI is InChI=1S/C20H22N2O3S/c1-15-4-2-3-5-18(15)21-19(23)14-25-17-8-6-16(7-9-17)20(26)22-10-12-24-13-11-22/h2-9H,10-14H2,1H3,(H,21,23). The van der Waals surface area contributed by atoms with Crippen molar-refractivity contribution in [1.82, 2.24) is 4.90 Å². The maximum atomic E-state index is 12.0. The number of amides is 1. The zero-order chi connectivity index (χ0) is 18.4. The molecule has 26 heavy (non-hydrogen) atoms. The number of benzene rings is 2. The quantitative estimate of drug-likeness (QED) is 0.820. The molecule has 1 heterocycles. The number of nitrogens with zero attached hydrogens (tertiary/aromatic N) is 1. The molecule has 0 aromatic heterocycles. The van der Waals surface area contributed by atoms with Crippen LogP contribution in [0.25, 0.3) is 0 Å². The fraction of sp³-hybridized carbons (Fsp3) is 0.300. The largest absolute Gasteiger partial charge is 0.484 e. The molecule has 6 heteroatoms. The molecule has 1 amide bonds. The third-order valence-corrected chi connectivity index (χ3v) is 4.68. The second-order valence-electron chi connectivity index (χ2n) is 6.08. The van der Waals surface area contributed by atoms with Crippen molar-refractivity contribution in [2.45, 2.75) is 6.92 Å². The average Bonchev–Trinajstić information content (AvgIpc) is 2.69. The van der Waals surface area contributed by atoms with Gasteiger partial charge in [-0.05, 0) is 42.8 Å². The number of morpholine rings is 1. The van der Waals surface area contributed by atoms with Crippen molar-refractivity contribution in [1.29, 1.82) is 0 Å². The summed E-state index contributed by atoms with van der Waals surface area (Å²) in [6.07, 6.45) is 0. The van der Waals surface area contributed by atoms with Gasteiger partial charge in [-0.1, -0.05) is 30.4 Å². The van der Waals surface area contributed by atoms with Crippen LogP contribution in [0.15, 0.2) is 48.5 Å². The predicted octanol–water partition coefficient (Wildman–Crippen LogP) is 3.02. The normalized spacial score (nSPS) is 14.0. The summed E-state index contributed by atoms with van der Waals surface area (Å²) < 4.78 is 10.9. The lowest BCUT2D eigenvalue weighted by molar-refractivity contribution is -0.118. The van der Waals surface area contributed by atoms with Gasteiger partial charge in [-0.25, -0.2) is 0 Å². The first-order valence-electron chi connectivity index (χ1n) is 8.59. The Labute approximate surface area is 158 Å². The Morgan fingerprint density at radius 1 is 1.15 bits per heavy atom. The van der Waals surface area contributed by atoms with E-state index in [4.69, 9.17) is 21.7 Å². The Bertz CT molecular complexity index is 771. The maximum Gasteiger partial charge on any atom is 0.262 e. The van der Waals surface area contributed by atoms with Gasteiger partial charge in [-0.2, -0.15) is 0 Å². The zero-order valence-corrected chi connectivity index (χ0v) is 15.6. The van der Waals surface area contributed by atoms with E-state index in [1.165, 1.54) is 0 Å². The molecule has 0 bridgehead atoms. The van der Waals surface area contributed by atoms with Crippen LogP contribution in [-0.4, -0.2) is 48.7 Å². The number of anilines is 1. The number of aryl methyl sites for hydroxylation is 1. The molecule has 3 rings (SSSR count).